The third-order valence-electron chi connectivity index (χ3n) is 3.77. The summed E-state index contributed by atoms with van der Waals surface area (Å²) in [4.78, 5) is 0. The van der Waals surface area contributed by atoms with Crippen LogP contribution < -0.4 is 4.74 Å². The Bertz CT molecular complexity index is 805. The first-order chi connectivity index (χ1) is 12.2. The summed E-state index contributed by atoms with van der Waals surface area (Å²) in [5, 5.41) is 9.56. The SMILES string of the molecule is COc1ccc(CCCc2nnc(SCc3ccccc3Cl)o2)cc1. The summed E-state index contributed by atoms with van der Waals surface area (Å²) in [6.07, 6.45) is 2.70. The average molecular weight is 375 g/mol. The predicted octanol–water partition coefficient (Wildman–Crippen LogP) is 5.20. The van der Waals surface area contributed by atoms with Crippen LogP contribution in [0.1, 0.15) is 23.4 Å². The first-order valence-electron chi connectivity index (χ1n) is 8.06. The summed E-state index contributed by atoms with van der Waals surface area (Å²) in [5.74, 6) is 2.27. The quantitative estimate of drug-likeness (QED) is 0.507. The largest absolute Gasteiger partial charge is 0.497 e. The molecule has 25 heavy (non-hydrogen) atoms. The molecule has 2 aromatic carbocycles. The Morgan fingerprint density at radius 1 is 1.04 bits per heavy atom. The van der Waals surface area contributed by atoms with Gasteiger partial charge in [-0.05, 0) is 42.2 Å². The van der Waals surface area contributed by atoms with Crippen molar-refractivity contribution in [1.82, 2.24) is 10.2 Å². The van der Waals surface area contributed by atoms with E-state index in [0.717, 1.165) is 35.6 Å². The van der Waals surface area contributed by atoms with Gasteiger partial charge in [-0.2, -0.15) is 0 Å². The topological polar surface area (TPSA) is 48.2 Å². The molecule has 0 atom stereocenters. The number of ether oxygens (including phenoxy) is 1. The number of thioether (sulfide) groups is 1. The fourth-order valence-electron chi connectivity index (χ4n) is 2.39. The lowest BCUT2D eigenvalue weighted by molar-refractivity contribution is 0.409. The fourth-order valence-corrected chi connectivity index (χ4v) is 3.45. The first-order valence-corrected chi connectivity index (χ1v) is 9.42. The van der Waals surface area contributed by atoms with E-state index in [4.69, 9.17) is 20.8 Å². The first kappa shape index (κ1) is 17.8. The molecule has 0 fully saturated rings. The molecule has 0 bridgehead atoms. The second-order valence-corrected chi connectivity index (χ2v) is 6.88. The number of methoxy groups -OCH3 is 1. The van der Waals surface area contributed by atoms with Gasteiger partial charge in [0, 0.05) is 17.2 Å². The van der Waals surface area contributed by atoms with Crippen molar-refractivity contribution in [3.63, 3.8) is 0 Å². The van der Waals surface area contributed by atoms with Crippen molar-refractivity contribution >= 4 is 23.4 Å². The minimum atomic E-state index is 0.583. The van der Waals surface area contributed by atoms with Crippen LogP contribution in [0.2, 0.25) is 5.02 Å². The van der Waals surface area contributed by atoms with Gasteiger partial charge in [-0.25, -0.2) is 0 Å². The maximum Gasteiger partial charge on any atom is 0.276 e. The van der Waals surface area contributed by atoms with Gasteiger partial charge in [0.1, 0.15) is 5.75 Å². The number of benzene rings is 2. The molecule has 3 rings (SSSR count). The maximum absolute atomic E-state index is 6.15. The Kier molecular flexibility index (Phi) is 6.36. The van der Waals surface area contributed by atoms with E-state index in [1.165, 1.54) is 17.3 Å². The molecule has 130 valence electrons. The summed E-state index contributed by atoms with van der Waals surface area (Å²) in [7, 11) is 1.67. The molecule has 3 aromatic rings. The summed E-state index contributed by atoms with van der Waals surface area (Å²) in [5.41, 5.74) is 2.34. The summed E-state index contributed by atoms with van der Waals surface area (Å²) in [6, 6.07) is 15.9. The van der Waals surface area contributed by atoms with Crippen LogP contribution >= 0.6 is 23.4 Å². The van der Waals surface area contributed by atoms with Gasteiger partial charge in [-0.1, -0.05) is 53.7 Å². The predicted molar refractivity (Wildman–Crippen MR) is 100 cm³/mol. The van der Waals surface area contributed by atoms with Crippen LogP contribution in [0, 0.1) is 0 Å². The number of nitrogens with zero attached hydrogens (tertiary/aromatic N) is 2. The smallest absolute Gasteiger partial charge is 0.276 e. The van der Waals surface area contributed by atoms with Crippen LogP contribution in [-0.2, 0) is 18.6 Å². The number of halogens is 1. The molecule has 0 aliphatic carbocycles. The third-order valence-corrected chi connectivity index (χ3v) is 5.01. The molecule has 1 heterocycles. The highest BCUT2D eigenvalue weighted by atomic mass is 35.5. The van der Waals surface area contributed by atoms with Gasteiger partial charge in [0.15, 0.2) is 0 Å². The molecule has 0 N–H and O–H groups in total. The maximum atomic E-state index is 6.15. The van der Waals surface area contributed by atoms with Crippen molar-refractivity contribution in [2.24, 2.45) is 0 Å². The number of rotatable bonds is 8. The monoisotopic (exact) mass is 374 g/mol. The molecule has 1 aromatic heterocycles. The molecule has 0 radical (unpaired) electrons. The minimum Gasteiger partial charge on any atom is -0.497 e. The Labute approximate surface area is 156 Å². The van der Waals surface area contributed by atoms with Crippen molar-refractivity contribution in [2.75, 3.05) is 7.11 Å². The second-order valence-electron chi connectivity index (χ2n) is 5.54. The van der Waals surface area contributed by atoms with Gasteiger partial charge in [0.05, 0.1) is 7.11 Å². The Hall–Kier alpha value is -1.98. The molecule has 0 saturated heterocycles. The molecule has 0 spiro atoms. The lowest BCUT2D eigenvalue weighted by Crippen LogP contribution is -1.91. The van der Waals surface area contributed by atoms with Gasteiger partial charge in [-0.3, -0.25) is 0 Å². The van der Waals surface area contributed by atoms with Crippen molar-refractivity contribution in [3.8, 4) is 5.75 Å². The van der Waals surface area contributed by atoms with E-state index in [1.807, 2.05) is 36.4 Å². The molecule has 0 aliphatic heterocycles. The number of hydrogen-bond donors (Lipinski definition) is 0. The van der Waals surface area contributed by atoms with Crippen LogP contribution in [0.5, 0.6) is 5.75 Å². The molecule has 0 amide bonds. The van der Waals surface area contributed by atoms with E-state index in [1.54, 1.807) is 7.11 Å². The van der Waals surface area contributed by atoms with Gasteiger partial charge in [0.2, 0.25) is 5.89 Å². The summed E-state index contributed by atoms with van der Waals surface area (Å²) >= 11 is 7.66. The van der Waals surface area contributed by atoms with E-state index in [9.17, 15) is 0 Å². The molecule has 0 aliphatic rings. The van der Waals surface area contributed by atoms with E-state index in [2.05, 4.69) is 22.3 Å². The van der Waals surface area contributed by atoms with Gasteiger partial charge < -0.3 is 9.15 Å². The number of aryl methyl sites for hydroxylation is 2. The van der Waals surface area contributed by atoms with E-state index in [-0.39, 0.29) is 0 Å². The average Bonchev–Trinajstić information content (AvgIpc) is 3.09. The van der Waals surface area contributed by atoms with Crippen molar-refractivity contribution in [1.29, 1.82) is 0 Å². The zero-order valence-corrected chi connectivity index (χ0v) is 15.5. The van der Waals surface area contributed by atoms with Crippen LogP contribution in [0.25, 0.3) is 0 Å². The lowest BCUT2D eigenvalue weighted by Gasteiger charge is -2.02. The van der Waals surface area contributed by atoms with E-state index >= 15 is 0 Å². The molecule has 0 unspecified atom stereocenters. The standard InChI is InChI=1S/C19H19ClN2O2S/c1-23-16-11-9-14(10-12-16)5-4-8-18-21-22-19(24-18)25-13-15-6-2-3-7-17(15)20/h2-3,6-7,9-12H,4-5,8,13H2,1H3. The summed E-state index contributed by atoms with van der Waals surface area (Å²) in [6.45, 7) is 0. The van der Waals surface area contributed by atoms with Crippen molar-refractivity contribution in [3.05, 3.63) is 70.6 Å². The van der Waals surface area contributed by atoms with Crippen molar-refractivity contribution < 1.29 is 9.15 Å². The fraction of sp³-hybridized carbons (Fsp3) is 0.263. The third kappa shape index (κ3) is 5.25. The Morgan fingerprint density at radius 2 is 1.84 bits per heavy atom. The van der Waals surface area contributed by atoms with Crippen LogP contribution in [-0.4, -0.2) is 17.3 Å². The molecular formula is C19H19ClN2O2S. The number of hydrogen-bond acceptors (Lipinski definition) is 5. The van der Waals surface area contributed by atoms with Crippen LogP contribution in [0.4, 0.5) is 0 Å². The van der Waals surface area contributed by atoms with Crippen LogP contribution in [0.3, 0.4) is 0 Å². The molecule has 0 saturated carbocycles. The van der Waals surface area contributed by atoms with Crippen molar-refractivity contribution in [2.45, 2.75) is 30.2 Å². The Morgan fingerprint density at radius 3 is 2.60 bits per heavy atom. The number of aromatic nitrogens is 2. The molecule has 4 nitrogen and oxygen atoms in total. The normalized spacial score (nSPS) is 10.8. The highest BCUT2D eigenvalue weighted by molar-refractivity contribution is 7.98. The molecule has 6 heteroatoms. The lowest BCUT2D eigenvalue weighted by atomic mass is 10.1. The van der Waals surface area contributed by atoms with Gasteiger partial charge in [-0.15, -0.1) is 10.2 Å². The minimum absolute atomic E-state index is 0.583. The summed E-state index contributed by atoms with van der Waals surface area (Å²) < 4.78 is 10.9. The zero-order valence-electron chi connectivity index (χ0n) is 13.9. The Balaban J connectivity index is 1.45. The van der Waals surface area contributed by atoms with E-state index < -0.39 is 0 Å². The van der Waals surface area contributed by atoms with Crippen LogP contribution in [0.15, 0.2) is 58.2 Å². The highest BCUT2D eigenvalue weighted by Crippen LogP contribution is 2.26. The van der Waals surface area contributed by atoms with E-state index in [0.29, 0.717) is 16.9 Å². The second kappa shape index (κ2) is 8.92. The zero-order chi connectivity index (χ0) is 17.5. The highest BCUT2D eigenvalue weighted by Gasteiger charge is 2.08. The van der Waals surface area contributed by atoms with Gasteiger partial charge in [0.25, 0.3) is 5.22 Å². The molecular weight excluding hydrogens is 356 g/mol. The van der Waals surface area contributed by atoms with Gasteiger partial charge >= 0.3 is 0 Å².